The van der Waals surface area contributed by atoms with Gasteiger partial charge < -0.3 is 5.32 Å². The zero-order valence-corrected chi connectivity index (χ0v) is 16.8. The smallest absolute Gasteiger partial charge is 0.321 e. The zero-order chi connectivity index (χ0) is 18.2. The second kappa shape index (κ2) is 7.20. The van der Waals surface area contributed by atoms with Gasteiger partial charge in [0, 0.05) is 23.9 Å². The molecule has 0 bridgehead atoms. The van der Waals surface area contributed by atoms with E-state index in [0.29, 0.717) is 22.4 Å². The molecule has 0 aromatic carbocycles. The van der Waals surface area contributed by atoms with Gasteiger partial charge in [0.1, 0.15) is 4.21 Å². The Morgan fingerprint density at radius 1 is 1.36 bits per heavy atom. The van der Waals surface area contributed by atoms with Gasteiger partial charge in [-0.25, -0.2) is 18.2 Å². The molecule has 3 heterocycles. The molecule has 0 unspecified atom stereocenters. The highest BCUT2D eigenvalue weighted by Crippen LogP contribution is 2.33. The predicted molar refractivity (Wildman–Crippen MR) is 100 cm³/mol. The molecule has 2 amide bonds. The summed E-state index contributed by atoms with van der Waals surface area (Å²) in [6.45, 7) is 4.34. The van der Waals surface area contributed by atoms with E-state index in [2.05, 4.69) is 15.6 Å². The van der Waals surface area contributed by atoms with Crippen LogP contribution < -0.4 is 10.6 Å². The number of nitrogens with one attached hydrogen (secondary N) is 2. The number of thiophene rings is 1. The standard InChI is InChI=1S/C14H17ClN4O3S3/c1-8(2)16-13(20)18-14-17-9-5-6-19(7-10(9)23-14)25(21,22)12-4-3-11(15)24-12/h3-4,8H,5-7H2,1-2H3,(H2,16,17,18,20). The number of nitrogens with zero attached hydrogens (tertiary/aromatic N) is 2. The van der Waals surface area contributed by atoms with Crippen molar-refractivity contribution < 1.29 is 13.2 Å². The fourth-order valence-corrected chi connectivity index (χ4v) is 6.54. The van der Waals surface area contributed by atoms with E-state index < -0.39 is 10.0 Å². The normalized spacial score (nSPS) is 15.2. The summed E-state index contributed by atoms with van der Waals surface area (Å²) in [5.74, 6) is 0. The highest BCUT2D eigenvalue weighted by atomic mass is 35.5. The molecule has 0 radical (unpaired) electrons. The fraction of sp³-hybridized carbons (Fsp3) is 0.429. The lowest BCUT2D eigenvalue weighted by molar-refractivity contribution is 0.250. The van der Waals surface area contributed by atoms with E-state index in [-0.39, 0.29) is 22.8 Å². The molecule has 0 saturated carbocycles. The molecular formula is C14H17ClN4O3S3. The lowest BCUT2D eigenvalue weighted by Gasteiger charge is -2.24. The quantitative estimate of drug-likeness (QED) is 0.794. The van der Waals surface area contributed by atoms with Crippen molar-refractivity contribution in [1.82, 2.24) is 14.6 Å². The van der Waals surface area contributed by atoms with E-state index in [1.165, 1.54) is 21.7 Å². The maximum Gasteiger partial charge on any atom is 0.321 e. The summed E-state index contributed by atoms with van der Waals surface area (Å²) in [7, 11) is -3.57. The second-order valence-corrected chi connectivity index (χ2v) is 10.8. The number of amides is 2. The Balaban J connectivity index is 1.74. The molecule has 2 aromatic rings. The molecule has 2 N–H and O–H groups in total. The first-order chi connectivity index (χ1) is 11.8. The van der Waals surface area contributed by atoms with E-state index in [0.717, 1.165) is 21.9 Å². The summed E-state index contributed by atoms with van der Waals surface area (Å²) in [5, 5.41) is 5.89. The maximum absolute atomic E-state index is 12.7. The highest BCUT2D eigenvalue weighted by molar-refractivity contribution is 7.91. The molecule has 0 saturated heterocycles. The van der Waals surface area contributed by atoms with Gasteiger partial charge in [-0.05, 0) is 26.0 Å². The number of anilines is 1. The van der Waals surface area contributed by atoms with Crippen molar-refractivity contribution in [2.75, 3.05) is 11.9 Å². The van der Waals surface area contributed by atoms with E-state index in [1.807, 2.05) is 13.8 Å². The highest BCUT2D eigenvalue weighted by Gasteiger charge is 2.31. The molecule has 25 heavy (non-hydrogen) atoms. The van der Waals surface area contributed by atoms with Crippen LogP contribution in [0, 0.1) is 0 Å². The first-order valence-electron chi connectivity index (χ1n) is 7.57. The summed E-state index contributed by atoms with van der Waals surface area (Å²) in [5.41, 5.74) is 0.834. The van der Waals surface area contributed by atoms with Gasteiger partial charge in [-0.3, -0.25) is 5.32 Å². The van der Waals surface area contributed by atoms with Crippen molar-refractivity contribution in [2.45, 2.75) is 37.1 Å². The number of carbonyl (C=O) groups excluding carboxylic acids is 1. The van der Waals surface area contributed by atoms with Crippen LogP contribution in [0.2, 0.25) is 4.34 Å². The van der Waals surface area contributed by atoms with Crippen molar-refractivity contribution in [3.8, 4) is 0 Å². The molecule has 136 valence electrons. The van der Waals surface area contributed by atoms with Gasteiger partial charge in [0.2, 0.25) is 0 Å². The average Bonchev–Trinajstić information content (AvgIpc) is 3.11. The number of aromatic nitrogens is 1. The molecule has 0 spiro atoms. The van der Waals surface area contributed by atoms with Gasteiger partial charge in [-0.15, -0.1) is 11.3 Å². The maximum atomic E-state index is 12.7. The SMILES string of the molecule is CC(C)NC(=O)Nc1nc2c(s1)CN(S(=O)(=O)c1ccc(Cl)s1)CC2. The van der Waals surface area contributed by atoms with Crippen molar-refractivity contribution >= 4 is 55.5 Å². The number of halogens is 1. The van der Waals surface area contributed by atoms with Crippen LogP contribution in [0.15, 0.2) is 16.3 Å². The third kappa shape index (κ3) is 4.14. The number of hydrogen-bond acceptors (Lipinski definition) is 6. The number of thiazole rings is 1. The van der Waals surface area contributed by atoms with Crippen LogP contribution in [-0.2, 0) is 23.0 Å². The van der Waals surface area contributed by atoms with Crippen LogP contribution in [0.25, 0.3) is 0 Å². The number of rotatable bonds is 4. The van der Waals surface area contributed by atoms with Crippen LogP contribution in [-0.4, -0.2) is 36.3 Å². The third-order valence-corrected chi connectivity index (χ3v) is 8.02. The van der Waals surface area contributed by atoms with Gasteiger partial charge in [0.25, 0.3) is 10.0 Å². The largest absolute Gasteiger partial charge is 0.336 e. The molecule has 3 rings (SSSR count). The third-order valence-electron chi connectivity index (χ3n) is 3.48. The Bertz CT molecular complexity index is 891. The van der Waals surface area contributed by atoms with Crippen molar-refractivity contribution in [2.24, 2.45) is 0 Å². The molecule has 0 atom stereocenters. The van der Waals surface area contributed by atoms with Gasteiger partial charge in [-0.2, -0.15) is 4.31 Å². The molecule has 1 aliphatic heterocycles. The number of carbonyl (C=O) groups is 1. The molecule has 0 aliphatic carbocycles. The summed E-state index contributed by atoms with van der Waals surface area (Å²) >= 11 is 8.20. The summed E-state index contributed by atoms with van der Waals surface area (Å²) in [4.78, 5) is 17.0. The molecular weight excluding hydrogens is 404 g/mol. The van der Waals surface area contributed by atoms with Crippen LogP contribution in [0.1, 0.15) is 24.4 Å². The first kappa shape index (κ1) is 18.6. The topological polar surface area (TPSA) is 91.4 Å². The van der Waals surface area contributed by atoms with E-state index in [9.17, 15) is 13.2 Å². The fourth-order valence-electron chi connectivity index (χ4n) is 2.39. The molecule has 1 aliphatic rings. The van der Waals surface area contributed by atoms with Gasteiger partial charge in [0.15, 0.2) is 5.13 Å². The van der Waals surface area contributed by atoms with E-state index in [4.69, 9.17) is 11.6 Å². The van der Waals surface area contributed by atoms with Gasteiger partial charge >= 0.3 is 6.03 Å². The van der Waals surface area contributed by atoms with Crippen molar-refractivity contribution in [3.63, 3.8) is 0 Å². The molecule has 7 nitrogen and oxygen atoms in total. The van der Waals surface area contributed by atoms with Gasteiger partial charge in [0.05, 0.1) is 16.6 Å². The van der Waals surface area contributed by atoms with Crippen molar-refractivity contribution in [1.29, 1.82) is 0 Å². The molecule has 2 aromatic heterocycles. The first-order valence-corrected chi connectivity index (χ1v) is 11.0. The Hall–Kier alpha value is -1.20. The lowest BCUT2D eigenvalue weighted by Crippen LogP contribution is -2.35. The number of urea groups is 1. The minimum atomic E-state index is -3.57. The Morgan fingerprint density at radius 3 is 2.76 bits per heavy atom. The lowest BCUT2D eigenvalue weighted by atomic mass is 10.2. The number of sulfonamides is 1. The summed E-state index contributed by atoms with van der Waals surface area (Å²) < 4.78 is 27.5. The van der Waals surface area contributed by atoms with Crippen LogP contribution in [0.4, 0.5) is 9.93 Å². The van der Waals surface area contributed by atoms with E-state index in [1.54, 1.807) is 6.07 Å². The van der Waals surface area contributed by atoms with Crippen LogP contribution >= 0.6 is 34.3 Å². The molecule has 0 fully saturated rings. The van der Waals surface area contributed by atoms with E-state index >= 15 is 0 Å². The minimum Gasteiger partial charge on any atom is -0.336 e. The average molecular weight is 421 g/mol. The van der Waals surface area contributed by atoms with Crippen LogP contribution in [0.5, 0.6) is 0 Å². The summed E-state index contributed by atoms with van der Waals surface area (Å²) in [6.07, 6.45) is 0.512. The second-order valence-electron chi connectivity index (χ2n) is 5.79. The zero-order valence-electron chi connectivity index (χ0n) is 13.6. The minimum absolute atomic E-state index is 0.0211. The number of fused-ring (bicyclic) bond motifs is 1. The summed E-state index contributed by atoms with van der Waals surface area (Å²) in [6, 6.07) is 2.80. The monoisotopic (exact) mass is 420 g/mol. The van der Waals surface area contributed by atoms with Crippen molar-refractivity contribution in [3.05, 3.63) is 27.0 Å². The predicted octanol–water partition coefficient (Wildman–Crippen LogP) is 3.13. The Morgan fingerprint density at radius 2 is 2.12 bits per heavy atom. The van der Waals surface area contributed by atoms with Crippen LogP contribution in [0.3, 0.4) is 0 Å². The number of hydrogen-bond donors (Lipinski definition) is 2. The van der Waals surface area contributed by atoms with Gasteiger partial charge in [-0.1, -0.05) is 22.9 Å². The Labute approximate surface area is 159 Å². The molecule has 11 heteroatoms. The Kier molecular flexibility index (Phi) is 5.35.